The van der Waals surface area contributed by atoms with E-state index in [0.717, 1.165) is 19.3 Å². The van der Waals surface area contributed by atoms with Crippen molar-refractivity contribution in [3.63, 3.8) is 0 Å². The van der Waals surface area contributed by atoms with Crippen LogP contribution in [0.5, 0.6) is 0 Å². The maximum Gasteiger partial charge on any atom is 0.228 e. The molecule has 1 fully saturated rings. The van der Waals surface area contributed by atoms with Gasteiger partial charge in [-0.25, -0.2) is 0 Å². The number of carbonyl (C=O) groups excluding carboxylic acids is 1. The normalized spacial score (nSPS) is 23.6. The number of nitrogens with one attached hydrogen (secondary N) is 1. The second-order valence-corrected chi connectivity index (χ2v) is 5.02. The Bertz CT molecular complexity index is 508. The van der Waals surface area contributed by atoms with Gasteiger partial charge in [-0.2, -0.15) is 5.10 Å². The number of rotatable bonds is 3. The van der Waals surface area contributed by atoms with E-state index in [1.165, 1.54) is 10.9 Å². The second kappa shape index (κ2) is 5.29. The Hall–Kier alpha value is -2.05. The van der Waals surface area contributed by atoms with Gasteiger partial charge in [-0.15, -0.1) is 0 Å². The Kier molecular flexibility index (Phi) is 3.73. The van der Waals surface area contributed by atoms with Gasteiger partial charge < -0.3 is 16.3 Å². The van der Waals surface area contributed by atoms with Crippen LogP contribution in [0.1, 0.15) is 31.7 Å². The third-order valence-corrected chi connectivity index (χ3v) is 3.76. The monoisotopic (exact) mass is 265 g/mol. The summed E-state index contributed by atoms with van der Waals surface area (Å²) in [7, 11) is 1.70. The van der Waals surface area contributed by atoms with E-state index < -0.39 is 0 Å². The molecule has 2 unspecified atom stereocenters. The van der Waals surface area contributed by atoms with Crippen LogP contribution in [0.25, 0.3) is 0 Å². The minimum Gasteiger partial charge on any atom is -0.409 e. The first-order valence-corrected chi connectivity index (χ1v) is 6.35. The first kappa shape index (κ1) is 13.4. The average Bonchev–Trinajstić information content (AvgIpc) is 2.96. The summed E-state index contributed by atoms with van der Waals surface area (Å²) in [6.45, 7) is 2.09. The van der Waals surface area contributed by atoms with Gasteiger partial charge in [-0.3, -0.25) is 9.48 Å². The van der Waals surface area contributed by atoms with Gasteiger partial charge in [0.15, 0.2) is 5.84 Å². The van der Waals surface area contributed by atoms with E-state index in [2.05, 4.69) is 22.5 Å². The largest absolute Gasteiger partial charge is 0.409 e. The number of hydrogen-bond donors (Lipinski definition) is 3. The van der Waals surface area contributed by atoms with E-state index >= 15 is 0 Å². The molecule has 4 N–H and O–H groups in total. The molecular weight excluding hydrogens is 246 g/mol. The lowest BCUT2D eigenvalue weighted by molar-refractivity contribution is -0.120. The third kappa shape index (κ3) is 2.54. The van der Waals surface area contributed by atoms with E-state index in [9.17, 15) is 4.79 Å². The lowest BCUT2D eigenvalue weighted by Gasteiger charge is -2.15. The van der Waals surface area contributed by atoms with Gasteiger partial charge in [0, 0.05) is 13.0 Å². The highest BCUT2D eigenvalue weighted by Gasteiger charge is 2.30. The van der Waals surface area contributed by atoms with E-state index in [-0.39, 0.29) is 17.7 Å². The van der Waals surface area contributed by atoms with E-state index in [1.807, 2.05) is 0 Å². The van der Waals surface area contributed by atoms with Gasteiger partial charge in [0.1, 0.15) is 5.82 Å². The fraction of sp³-hybridized carbons (Fsp3) is 0.583. The predicted octanol–water partition coefficient (Wildman–Crippen LogP) is 0.889. The summed E-state index contributed by atoms with van der Waals surface area (Å²) in [5, 5.41) is 18.5. The van der Waals surface area contributed by atoms with Crippen molar-refractivity contribution >= 4 is 17.6 Å². The maximum atomic E-state index is 12.2. The van der Waals surface area contributed by atoms with Crippen molar-refractivity contribution in [1.82, 2.24) is 9.78 Å². The second-order valence-electron chi connectivity index (χ2n) is 5.02. The number of hydrogen-bond acceptors (Lipinski definition) is 4. The van der Waals surface area contributed by atoms with Crippen LogP contribution in [0.4, 0.5) is 5.82 Å². The molecule has 0 spiro atoms. The molecule has 2 atom stereocenters. The predicted molar refractivity (Wildman–Crippen MR) is 70.9 cm³/mol. The zero-order valence-electron chi connectivity index (χ0n) is 11.1. The smallest absolute Gasteiger partial charge is 0.228 e. The minimum absolute atomic E-state index is 0.0232. The number of oxime groups is 1. The number of anilines is 1. The highest BCUT2D eigenvalue weighted by atomic mass is 16.4. The molecule has 1 aromatic heterocycles. The summed E-state index contributed by atoms with van der Waals surface area (Å²) in [5.74, 6) is 0.776. The summed E-state index contributed by atoms with van der Waals surface area (Å²) in [6.07, 6.45) is 4.53. The van der Waals surface area contributed by atoms with Gasteiger partial charge in [0.2, 0.25) is 5.91 Å². The van der Waals surface area contributed by atoms with E-state index in [1.54, 1.807) is 7.05 Å². The number of amides is 1. The number of nitrogens with zero attached hydrogens (tertiary/aromatic N) is 3. The molecule has 1 aromatic rings. The molecule has 104 valence electrons. The molecule has 0 aromatic carbocycles. The molecule has 7 heteroatoms. The Morgan fingerprint density at radius 3 is 2.95 bits per heavy atom. The highest BCUT2D eigenvalue weighted by Crippen LogP contribution is 2.32. The first-order valence-electron chi connectivity index (χ1n) is 6.35. The van der Waals surface area contributed by atoms with Gasteiger partial charge >= 0.3 is 0 Å². The van der Waals surface area contributed by atoms with Gasteiger partial charge in [0.05, 0.1) is 11.8 Å². The minimum atomic E-state index is -0.0668. The van der Waals surface area contributed by atoms with Crippen molar-refractivity contribution in [2.24, 2.45) is 29.8 Å². The Balaban J connectivity index is 2.19. The van der Waals surface area contributed by atoms with Crippen molar-refractivity contribution < 1.29 is 10.0 Å². The van der Waals surface area contributed by atoms with Crippen LogP contribution in [0.2, 0.25) is 0 Å². The molecule has 1 amide bonds. The van der Waals surface area contributed by atoms with Gasteiger partial charge in [0.25, 0.3) is 0 Å². The molecule has 1 aliphatic carbocycles. The number of carbonyl (C=O) groups is 1. The first-order chi connectivity index (χ1) is 9.04. The number of amidine groups is 1. The summed E-state index contributed by atoms with van der Waals surface area (Å²) < 4.78 is 1.50. The third-order valence-electron chi connectivity index (χ3n) is 3.76. The topological polar surface area (TPSA) is 106 Å². The molecule has 0 aliphatic heterocycles. The van der Waals surface area contributed by atoms with E-state index in [4.69, 9.17) is 10.9 Å². The summed E-state index contributed by atoms with van der Waals surface area (Å²) in [6, 6.07) is 0. The van der Waals surface area contributed by atoms with Crippen LogP contribution in [-0.4, -0.2) is 26.7 Å². The summed E-state index contributed by atoms with van der Waals surface area (Å²) in [5.41, 5.74) is 5.98. The number of aryl methyl sites for hydroxylation is 1. The molecule has 1 aliphatic rings. The van der Waals surface area contributed by atoms with Crippen molar-refractivity contribution in [3.8, 4) is 0 Å². The molecule has 0 radical (unpaired) electrons. The molecular formula is C12H19N5O2. The lowest BCUT2D eigenvalue weighted by Crippen LogP contribution is -2.27. The molecule has 1 heterocycles. The number of nitrogens with two attached hydrogens (primary N) is 1. The van der Waals surface area contributed by atoms with Crippen LogP contribution in [0.15, 0.2) is 11.4 Å². The summed E-state index contributed by atoms with van der Waals surface area (Å²) in [4.78, 5) is 12.2. The Labute approximate surface area is 111 Å². The SMILES string of the molecule is CC1CCCC1C(=O)Nc1c(C(N)=NO)cnn1C. The molecule has 2 rings (SSSR count). The zero-order valence-corrected chi connectivity index (χ0v) is 11.1. The van der Waals surface area contributed by atoms with Crippen LogP contribution in [0.3, 0.4) is 0 Å². The Morgan fingerprint density at radius 1 is 1.63 bits per heavy atom. The van der Waals surface area contributed by atoms with Crippen molar-refractivity contribution in [2.45, 2.75) is 26.2 Å². The fourth-order valence-electron chi connectivity index (χ4n) is 2.57. The highest BCUT2D eigenvalue weighted by molar-refractivity contribution is 6.04. The maximum absolute atomic E-state index is 12.2. The molecule has 0 bridgehead atoms. The fourth-order valence-corrected chi connectivity index (χ4v) is 2.57. The average molecular weight is 265 g/mol. The quantitative estimate of drug-likeness (QED) is 0.326. The molecule has 1 saturated carbocycles. The Morgan fingerprint density at radius 2 is 2.37 bits per heavy atom. The van der Waals surface area contributed by atoms with Crippen molar-refractivity contribution in [1.29, 1.82) is 0 Å². The van der Waals surface area contributed by atoms with Gasteiger partial charge in [-0.1, -0.05) is 18.5 Å². The van der Waals surface area contributed by atoms with Crippen LogP contribution >= 0.6 is 0 Å². The lowest BCUT2D eigenvalue weighted by atomic mass is 9.97. The van der Waals surface area contributed by atoms with Crippen molar-refractivity contribution in [3.05, 3.63) is 11.8 Å². The zero-order chi connectivity index (χ0) is 14.0. The van der Waals surface area contributed by atoms with Crippen molar-refractivity contribution in [2.75, 3.05) is 5.32 Å². The van der Waals surface area contributed by atoms with Crippen LogP contribution < -0.4 is 11.1 Å². The molecule has 0 saturated heterocycles. The van der Waals surface area contributed by atoms with Crippen LogP contribution in [0, 0.1) is 11.8 Å². The summed E-state index contributed by atoms with van der Waals surface area (Å²) >= 11 is 0. The molecule has 19 heavy (non-hydrogen) atoms. The van der Waals surface area contributed by atoms with Gasteiger partial charge in [-0.05, 0) is 18.8 Å². The van der Waals surface area contributed by atoms with E-state index in [0.29, 0.717) is 17.3 Å². The standard InChI is InChI=1S/C12H19N5O2/c1-7-4-3-5-8(7)12(18)15-11-9(10(13)16-19)6-14-17(11)2/h6-8,19H,3-5H2,1-2H3,(H2,13,16)(H,15,18). The van der Waals surface area contributed by atoms with Crippen LogP contribution in [-0.2, 0) is 11.8 Å². The number of aromatic nitrogens is 2. The molecule has 7 nitrogen and oxygen atoms in total.